The van der Waals surface area contributed by atoms with Crippen LogP contribution in [-0.2, 0) is 25.6 Å². The van der Waals surface area contributed by atoms with Crippen LogP contribution in [0.5, 0.6) is 23.8 Å². The Labute approximate surface area is 404 Å². The standard InChI is InChI=1S/C28H41N5O5Si.C21H25N5O4/c1-19(2)38-27-31-25(32-33(27)12-13-36-18-39(7,8)9)21-10-11-23(29-15-21)22-16-30-24(14-20(22)3)37-17-28(4,5)26(34)35-6;1-12(2)30-20-24-18(25-26-20)14-6-7-16(22-9-14)15-10-23-17(8-13(15)3)29-11-21(4,5)19(27)28/h10-11,14-16,19H,12-13,17-18H2,1-9H3;6-10,12H,11H2,1-5H3,(H,27,28)(H,24,25,26). The molecule has 0 aromatic carbocycles. The van der Waals surface area contributed by atoms with Gasteiger partial charge in [0.05, 0.1) is 62.8 Å². The van der Waals surface area contributed by atoms with E-state index in [0.717, 1.165) is 51.0 Å². The molecular formula is C49H66N10O9Si. The van der Waals surface area contributed by atoms with Gasteiger partial charge < -0.3 is 33.5 Å². The molecular weight excluding hydrogens is 901 g/mol. The van der Waals surface area contributed by atoms with Gasteiger partial charge in [0.1, 0.15) is 13.2 Å². The van der Waals surface area contributed by atoms with E-state index in [1.54, 1.807) is 63.2 Å². The summed E-state index contributed by atoms with van der Waals surface area (Å²) in [6.07, 6.45) is 7.61. The number of carbonyl (C=O) groups excluding carboxylic acids is 1. The van der Waals surface area contributed by atoms with Gasteiger partial charge in [0.25, 0.3) is 0 Å². The van der Waals surface area contributed by atoms with Gasteiger partial charge in [-0.25, -0.2) is 14.6 Å². The fourth-order valence-electron chi connectivity index (χ4n) is 6.10. The zero-order chi connectivity index (χ0) is 50.7. The summed E-state index contributed by atoms with van der Waals surface area (Å²) in [5.41, 5.74) is 4.91. The molecule has 2 N–H and O–H groups in total. The minimum absolute atomic E-state index is 0.00761. The third-order valence-electron chi connectivity index (χ3n) is 10.0. The van der Waals surface area contributed by atoms with Gasteiger partial charge in [0.2, 0.25) is 11.8 Å². The largest absolute Gasteiger partial charge is 0.481 e. The molecule has 0 saturated heterocycles. The molecule has 0 aliphatic heterocycles. The third-order valence-corrected chi connectivity index (χ3v) is 11.1. The summed E-state index contributed by atoms with van der Waals surface area (Å²) in [7, 11) is 0.0895. The maximum Gasteiger partial charge on any atom is 0.336 e. The van der Waals surface area contributed by atoms with Gasteiger partial charge in [-0.3, -0.25) is 24.7 Å². The Balaban J connectivity index is 0.000000266. The van der Waals surface area contributed by atoms with Crippen molar-refractivity contribution in [1.29, 1.82) is 0 Å². The number of carbonyl (C=O) groups is 2. The second-order valence-electron chi connectivity index (χ2n) is 19.5. The topological polar surface area (TPSA) is 234 Å². The highest BCUT2D eigenvalue weighted by Gasteiger charge is 2.30. The van der Waals surface area contributed by atoms with E-state index >= 15 is 0 Å². The molecule has 20 heteroatoms. The Hall–Kier alpha value is -6.80. The Morgan fingerprint density at radius 2 is 1.30 bits per heavy atom. The van der Waals surface area contributed by atoms with E-state index in [9.17, 15) is 14.7 Å². The van der Waals surface area contributed by atoms with Crippen LogP contribution in [0.2, 0.25) is 19.6 Å². The number of ether oxygens (including phenoxy) is 6. The number of aromatic nitrogens is 10. The van der Waals surface area contributed by atoms with E-state index in [4.69, 9.17) is 28.4 Å². The predicted octanol–water partition coefficient (Wildman–Crippen LogP) is 8.48. The molecule has 6 aromatic heterocycles. The summed E-state index contributed by atoms with van der Waals surface area (Å²) in [5, 5.41) is 20.7. The van der Waals surface area contributed by atoms with Crippen LogP contribution < -0.4 is 18.9 Å². The second-order valence-corrected chi connectivity index (χ2v) is 24.9. The maximum absolute atomic E-state index is 11.9. The van der Waals surface area contributed by atoms with E-state index in [2.05, 4.69) is 64.8 Å². The summed E-state index contributed by atoms with van der Waals surface area (Å²) in [6.45, 7) is 26.5. The van der Waals surface area contributed by atoms with Crippen molar-refractivity contribution >= 4 is 20.0 Å². The van der Waals surface area contributed by atoms with Gasteiger partial charge in [-0.15, -0.1) is 10.2 Å². The monoisotopic (exact) mass is 966 g/mol. The molecule has 6 rings (SSSR count). The Morgan fingerprint density at radius 3 is 1.78 bits per heavy atom. The van der Waals surface area contributed by atoms with Crippen LogP contribution in [0.4, 0.5) is 0 Å². The lowest BCUT2D eigenvalue weighted by atomic mass is 9.95. The number of aromatic amines is 1. The van der Waals surface area contributed by atoms with Crippen LogP contribution >= 0.6 is 0 Å². The number of aliphatic carboxylic acids is 1. The molecule has 0 aliphatic carbocycles. The summed E-state index contributed by atoms with van der Waals surface area (Å²) in [5.74, 6) is 0.672. The van der Waals surface area contributed by atoms with E-state index < -0.39 is 24.9 Å². The summed E-state index contributed by atoms with van der Waals surface area (Å²) in [4.78, 5) is 49.9. The van der Waals surface area contributed by atoms with Crippen LogP contribution in [0.25, 0.3) is 45.3 Å². The summed E-state index contributed by atoms with van der Waals surface area (Å²) >= 11 is 0. The van der Waals surface area contributed by atoms with Crippen molar-refractivity contribution in [2.24, 2.45) is 10.8 Å². The highest BCUT2D eigenvalue weighted by Crippen LogP contribution is 2.29. The van der Waals surface area contributed by atoms with Gasteiger partial charge in [-0.2, -0.15) is 9.97 Å². The number of carboxylic acids is 1. The summed E-state index contributed by atoms with van der Waals surface area (Å²) in [6, 6.07) is 12.0. The lowest BCUT2D eigenvalue weighted by Gasteiger charge is -2.21. The van der Waals surface area contributed by atoms with Crippen molar-refractivity contribution < 1.29 is 43.1 Å². The Bertz CT molecular complexity index is 2640. The number of methoxy groups -OCH3 is 1. The third kappa shape index (κ3) is 15.4. The molecule has 6 aromatic rings. The minimum Gasteiger partial charge on any atom is -0.481 e. The smallest absolute Gasteiger partial charge is 0.336 e. The van der Waals surface area contributed by atoms with Crippen molar-refractivity contribution in [3.05, 3.63) is 72.3 Å². The molecule has 0 unspecified atom stereocenters. The van der Waals surface area contributed by atoms with Gasteiger partial charge in [0.15, 0.2) is 11.6 Å². The molecule has 0 amide bonds. The number of hydrogen-bond donors (Lipinski definition) is 2. The quantitative estimate of drug-likeness (QED) is 0.0391. The number of aryl methyl sites for hydroxylation is 2. The molecule has 69 heavy (non-hydrogen) atoms. The number of H-pyrrole nitrogens is 1. The highest BCUT2D eigenvalue weighted by atomic mass is 28.3. The van der Waals surface area contributed by atoms with E-state index in [1.165, 1.54) is 7.11 Å². The van der Waals surface area contributed by atoms with Crippen molar-refractivity contribution in [3.8, 4) is 69.1 Å². The molecule has 0 fully saturated rings. The molecule has 0 radical (unpaired) electrons. The number of esters is 1. The number of rotatable bonds is 21. The van der Waals surface area contributed by atoms with Crippen molar-refractivity contribution in [2.45, 2.75) is 108 Å². The van der Waals surface area contributed by atoms with Crippen LogP contribution in [0.1, 0.15) is 66.5 Å². The van der Waals surface area contributed by atoms with Gasteiger partial charge in [0, 0.05) is 65.4 Å². The molecule has 19 nitrogen and oxygen atoms in total. The molecule has 6 heterocycles. The Kier molecular flexibility index (Phi) is 17.7. The van der Waals surface area contributed by atoms with Crippen LogP contribution in [0, 0.1) is 24.7 Å². The normalized spacial score (nSPS) is 11.8. The molecule has 370 valence electrons. The van der Waals surface area contributed by atoms with Gasteiger partial charge in [-0.1, -0.05) is 19.6 Å². The molecule has 0 atom stereocenters. The van der Waals surface area contributed by atoms with Crippen LogP contribution in [0.15, 0.2) is 61.2 Å². The minimum atomic E-state index is -1.28. The average molecular weight is 967 g/mol. The first-order chi connectivity index (χ1) is 32.4. The fraction of sp³-hybridized carbons (Fsp3) is 0.469. The van der Waals surface area contributed by atoms with Crippen molar-refractivity contribution in [2.75, 3.05) is 33.2 Å². The first kappa shape index (κ1) is 53.2. The number of nitrogens with one attached hydrogen (secondary N) is 1. The van der Waals surface area contributed by atoms with E-state index in [-0.39, 0.29) is 31.4 Å². The fourth-order valence-corrected chi connectivity index (χ4v) is 6.86. The average Bonchev–Trinajstić information content (AvgIpc) is 3.92. The van der Waals surface area contributed by atoms with Gasteiger partial charge in [-0.05, 0) is 105 Å². The zero-order valence-electron chi connectivity index (χ0n) is 42.2. The zero-order valence-corrected chi connectivity index (χ0v) is 43.2. The molecule has 0 saturated carbocycles. The first-order valence-electron chi connectivity index (χ1n) is 22.7. The number of carboxylic acid groups (broad SMARTS) is 1. The number of pyridine rings is 4. The molecule has 0 bridgehead atoms. The van der Waals surface area contributed by atoms with Crippen LogP contribution in [-0.4, -0.2) is 120 Å². The maximum atomic E-state index is 11.9. The SMILES string of the molecule is COC(=O)C(C)(C)COc1cc(C)c(-c2ccc(-c3nc(OC(C)C)n(CCOC[Si](C)(C)C)n3)cn2)cn1.Cc1cc(OCC(C)(C)C(=O)O)ncc1-c1ccc(-c2nc(OC(C)C)n[nH]2)cn1. The van der Waals surface area contributed by atoms with Gasteiger partial charge >= 0.3 is 24.0 Å². The lowest BCUT2D eigenvalue weighted by Crippen LogP contribution is -2.32. The second kappa shape index (κ2) is 23.0. The van der Waals surface area contributed by atoms with E-state index in [1.807, 2.05) is 71.9 Å². The lowest BCUT2D eigenvalue weighted by molar-refractivity contribution is -0.152. The van der Waals surface area contributed by atoms with E-state index in [0.29, 0.717) is 48.6 Å². The van der Waals surface area contributed by atoms with Crippen molar-refractivity contribution in [1.82, 2.24) is 49.9 Å². The first-order valence-corrected chi connectivity index (χ1v) is 26.4. The number of hydrogen-bond acceptors (Lipinski definition) is 16. The number of nitrogens with zero attached hydrogens (tertiary/aromatic N) is 9. The van der Waals surface area contributed by atoms with Crippen molar-refractivity contribution in [3.63, 3.8) is 0 Å². The van der Waals surface area contributed by atoms with Crippen LogP contribution in [0.3, 0.4) is 0 Å². The predicted molar refractivity (Wildman–Crippen MR) is 263 cm³/mol. The summed E-state index contributed by atoms with van der Waals surface area (Å²) < 4.78 is 35.2. The molecule has 0 aliphatic rings. The molecule has 0 spiro atoms. The Morgan fingerprint density at radius 1 is 0.754 bits per heavy atom. The highest BCUT2D eigenvalue weighted by molar-refractivity contribution is 6.76.